The van der Waals surface area contributed by atoms with Gasteiger partial charge in [0.2, 0.25) is 0 Å². The van der Waals surface area contributed by atoms with Crippen LogP contribution < -0.4 is 0 Å². The highest BCUT2D eigenvalue weighted by Crippen LogP contribution is 1.99. The Bertz CT molecular complexity index is 218. The molecule has 2 heteroatoms. The first-order valence-corrected chi connectivity index (χ1v) is 4.45. The van der Waals surface area contributed by atoms with E-state index in [4.69, 9.17) is 4.43 Å². The van der Waals surface area contributed by atoms with Crippen LogP contribution in [0.15, 0.2) is 36.4 Å². The van der Waals surface area contributed by atoms with E-state index < -0.39 is 0 Å². The van der Waals surface area contributed by atoms with Crippen LogP contribution in [0.4, 0.5) is 0 Å². The van der Waals surface area contributed by atoms with E-state index in [0.717, 1.165) is 17.1 Å². The Hall–Kier alpha value is -0.863. The molecule has 0 bridgehead atoms. The van der Waals surface area contributed by atoms with Crippen molar-refractivity contribution in [2.45, 2.75) is 0 Å². The maximum absolute atomic E-state index is 5.02. The molecule has 0 aliphatic rings. The molecule has 1 nitrogen and oxygen atoms in total. The van der Waals surface area contributed by atoms with Crippen molar-refractivity contribution in [2.75, 3.05) is 6.61 Å². The zero-order valence-electron chi connectivity index (χ0n) is 6.66. The van der Waals surface area contributed by atoms with Gasteiger partial charge in [-0.1, -0.05) is 42.5 Å². The summed E-state index contributed by atoms with van der Waals surface area (Å²) in [4.78, 5) is 0. The Morgan fingerprint density at radius 3 is 2.64 bits per heavy atom. The maximum atomic E-state index is 5.02. The maximum Gasteiger partial charge on any atom is 0.146 e. The second-order valence-electron chi connectivity index (χ2n) is 2.27. The van der Waals surface area contributed by atoms with E-state index in [1.54, 1.807) is 0 Å². The Morgan fingerprint density at radius 1 is 1.27 bits per heavy atom. The highest BCUT2D eigenvalue weighted by Gasteiger charge is 1.80. The van der Waals surface area contributed by atoms with Gasteiger partial charge in [-0.05, 0) is 5.56 Å². The lowest BCUT2D eigenvalue weighted by Gasteiger charge is -1.90. The molecule has 1 aromatic carbocycles. The highest BCUT2D eigenvalue weighted by molar-refractivity contribution is 5.98. The van der Waals surface area contributed by atoms with Crippen molar-refractivity contribution < 1.29 is 4.43 Å². The second-order valence-corrected chi connectivity index (χ2v) is 2.85. The van der Waals surface area contributed by atoms with Crippen molar-refractivity contribution >= 4 is 16.6 Å². The molecule has 0 atom stereocenters. The smallest absolute Gasteiger partial charge is 0.146 e. The minimum atomic E-state index is 0.737. The number of hydrogen-bond donors (Lipinski definition) is 0. The van der Waals surface area contributed by atoms with Crippen molar-refractivity contribution in [2.24, 2.45) is 0 Å². The molecule has 0 amide bonds. The summed E-state index contributed by atoms with van der Waals surface area (Å²) >= 11 is 0. The third-order valence-electron chi connectivity index (χ3n) is 1.37. The Labute approximate surface area is 70.2 Å². The first-order chi connectivity index (χ1) is 5.43. The molecule has 0 saturated heterocycles. The van der Waals surface area contributed by atoms with E-state index in [2.05, 4.69) is 18.2 Å². The molecule has 1 rings (SSSR count). The lowest BCUT2D eigenvalue weighted by molar-refractivity contribution is 0.402. The van der Waals surface area contributed by atoms with Crippen LogP contribution in [-0.2, 0) is 4.43 Å². The van der Waals surface area contributed by atoms with Crippen LogP contribution in [0.5, 0.6) is 0 Å². The van der Waals surface area contributed by atoms with Crippen LogP contribution >= 0.6 is 0 Å². The van der Waals surface area contributed by atoms with E-state index in [0.29, 0.717) is 0 Å². The van der Waals surface area contributed by atoms with Crippen molar-refractivity contribution in [1.82, 2.24) is 0 Å². The SMILES string of the molecule is [SiH3]OCC=Cc1ccccc1. The van der Waals surface area contributed by atoms with Gasteiger partial charge in [0.15, 0.2) is 0 Å². The molecule has 0 radical (unpaired) electrons. The quantitative estimate of drug-likeness (QED) is 0.606. The summed E-state index contributed by atoms with van der Waals surface area (Å²) in [5.41, 5.74) is 1.23. The predicted molar refractivity (Wildman–Crippen MR) is 51.4 cm³/mol. The predicted octanol–water partition coefficient (Wildman–Crippen LogP) is 0.997. The van der Waals surface area contributed by atoms with E-state index >= 15 is 0 Å². The van der Waals surface area contributed by atoms with E-state index in [1.165, 1.54) is 5.56 Å². The zero-order valence-corrected chi connectivity index (χ0v) is 8.66. The first kappa shape index (κ1) is 8.24. The van der Waals surface area contributed by atoms with Crippen molar-refractivity contribution in [1.29, 1.82) is 0 Å². The van der Waals surface area contributed by atoms with Crippen molar-refractivity contribution in [3.05, 3.63) is 42.0 Å². The molecular formula is C9H12OSi. The van der Waals surface area contributed by atoms with E-state index in [1.807, 2.05) is 24.3 Å². The molecule has 0 aliphatic heterocycles. The molecule has 0 aromatic heterocycles. The normalized spacial score (nSPS) is 10.9. The standard InChI is InChI=1S/C9H12OSi/c11-10-8-4-7-9-5-2-1-3-6-9/h1-7H,8H2,11H3. The van der Waals surface area contributed by atoms with Crippen LogP contribution in [0.25, 0.3) is 6.08 Å². The van der Waals surface area contributed by atoms with Gasteiger partial charge in [0.05, 0.1) is 6.61 Å². The molecule has 0 fully saturated rings. The monoisotopic (exact) mass is 164 g/mol. The number of hydrogen-bond acceptors (Lipinski definition) is 1. The zero-order chi connectivity index (χ0) is 7.94. The third kappa shape index (κ3) is 3.16. The van der Waals surface area contributed by atoms with Gasteiger partial charge in [-0.15, -0.1) is 0 Å². The second kappa shape index (κ2) is 4.88. The molecule has 0 heterocycles. The molecule has 0 saturated carbocycles. The van der Waals surface area contributed by atoms with Crippen molar-refractivity contribution in [3.8, 4) is 0 Å². The first-order valence-electron chi connectivity index (χ1n) is 3.64. The number of benzene rings is 1. The van der Waals surface area contributed by atoms with Crippen LogP contribution in [0.1, 0.15) is 5.56 Å². The molecule has 11 heavy (non-hydrogen) atoms. The Balaban J connectivity index is 2.50. The summed E-state index contributed by atoms with van der Waals surface area (Å²) in [7, 11) is 0.814. The van der Waals surface area contributed by atoms with Gasteiger partial charge in [-0.3, -0.25) is 0 Å². The Morgan fingerprint density at radius 2 is 2.00 bits per heavy atom. The molecule has 0 N–H and O–H groups in total. The largest absolute Gasteiger partial charge is 0.424 e. The summed E-state index contributed by atoms with van der Waals surface area (Å²) < 4.78 is 5.02. The third-order valence-corrected chi connectivity index (χ3v) is 1.71. The van der Waals surface area contributed by atoms with Crippen LogP contribution in [0.3, 0.4) is 0 Å². The van der Waals surface area contributed by atoms with Gasteiger partial charge >= 0.3 is 0 Å². The summed E-state index contributed by atoms with van der Waals surface area (Å²) in [6.07, 6.45) is 4.10. The van der Waals surface area contributed by atoms with Gasteiger partial charge in [-0.25, -0.2) is 0 Å². The average Bonchev–Trinajstić information content (AvgIpc) is 2.07. The molecule has 0 spiro atoms. The Kier molecular flexibility index (Phi) is 3.65. The molecule has 58 valence electrons. The van der Waals surface area contributed by atoms with Gasteiger partial charge in [-0.2, -0.15) is 0 Å². The van der Waals surface area contributed by atoms with Crippen LogP contribution in [0, 0.1) is 0 Å². The van der Waals surface area contributed by atoms with Crippen LogP contribution in [-0.4, -0.2) is 17.1 Å². The van der Waals surface area contributed by atoms with E-state index in [-0.39, 0.29) is 0 Å². The fourth-order valence-electron chi connectivity index (χ4n) is 0.845. The average molecular weight is 164 g/mol. The fourth-order valence-corrected chi connectivity index (χ4v) is 1.04. The molecule has 1 aromatic rings. The molecule has 0 aliphatic carbocycles. The summed E-state index contributed by atoms with van der Waals surface area (Å²) in [6, 6.07) is 10.2. The number of rotatable bonds is 3. The van der Waals surface area contributed by atoms with Crippen LogP contribution in [0.2, 0.25) is 0 Å². The molecule has 0 unspecified atom stereocenters. The minimum absolute atomic E-state index is 0.737. The summed E-state index contributed by atoms with van der Waals surface area (Å²) in [6.45, 7) is 0.737. The van der Waals surface area contributed by atoms with Gasteiger partial charge in [0.25, 0.3) is 0 Å². The van der Waals surface area contributed by atoms with Gasteiger partial charge < -0.3 is 4.43 Å². The highest BCUT2D eigenvalue weighted by atomic mass is 28.2. The lowest BCUT2D eigenvalue weighted by atomic mass is 10.2. The summed E-state index contributed by atoms with van der Waals surface area (Å²) in [5, 5.41) is 0. The van der Waals surface area contributed by atoms with Gasteiger partial charge in [0.1, 0.15) is 10.5 Å². The minimum Gasteiger partial charge on any atom is -0.424 e. The van der Waals surface area contributed by atoms with Crippen molar-refractivity contribution in [3.63, 3.8) is 0 Å². The summed E-state index contributed by atoms with van der Waals surface area (Å²) in [5.74, 6) is 0. The topological polar surface area (TPSA) is 9.23 Å². The fraction of sp³-hybridized carbons (Fsp3) is 0.111. The van der Waals surface area contributed by atoms with E-state index in [9.17, 15) is 0 Å². The van der Waals surface area contributed by atoms with Gasteiger partial charge in [0, 0.05) is 0 Å². The molecular weight excluding hydrogens is 152 g/mol. The lowest BCUT2D eigenvalue weighted by Crippen LogP contribution is -1.81.